The van der Waals surface area contributed by atoms with Gasteiger partial charge < -0.3 is 15.2 Å². The highest BCUT2D eigenvalue weighted by atomic mass is 79.9. The van der Waals surface area contributed by atoms with Crippen molar-refractivity contribution in [2.45, 2.75) is 51.4 Å². The summed E-state index contributed by atoms with van der Waals surface area (Å²) in [7, 11) is 0. The van der Waals surface area contributed by atoms with Crippen molar-refractivity contribution in [3.8, 4) is 0 Å². The molecule has 0 fully saturated rings. The number of amides is 2. The summed E-state index contributed by atoms with van der Waals surface area (Å²) in [6.07, 6.45) is 0. The molecule has 35 heavy (non-hydrogen) atoms. The Bertz CT molecular complexity index is 1230. The first kappa shape index (κ1) is 27.5. The highest BCUT2D eigenvalue weighted by Gasteiger charge is 2.21. The Morgan fingerprint density at radius 3 is 2.49 bits per heavy atom. The number of thioether (sulfide) groups is 1. The zero-order valence-electron chi connectivity index (χ0n) is 19.7. The van der Waals surface area contributed by atoms with Gasteiger partial charge in [-0.15, -0.1) is 10.2 Å². The summed E-state index contributed by atoms with van der Waals surface area (Å²) in [6, 6.07) is 10.1. The molecule has 0 saturated carbocycles. The first-order chi connectivity index (χ1) is 16.6. The van der Waals surface area contributed by atoms with E-state index in [9.17, 15) is 9.59 Å². The molecule has 1 aromatic heterocycles. The average molecular weight is 599 g/mol. The summed E-state index contributed by atoms with van der Waals surface area (Å²) >= 11 is 16.7. The number of hydrogen-bond acceptors (Lipinski definition) is 5. The summed E-state index contributed by atoms with van der Waals surface area (Å²) < 4.78 is 2.86. The van der Waals surface area contributed by atoms with Crippen LogP contribution in [0, 0.1) is 0 Å². The number of halogens is 3. The molecule has 7 nitrogen and oxygen atoms in total. The summed E-state index contributed by atoms with van der Waals surface area (Å²) in [4.78, 5) is 25.3. The molecule has 0 aliphatic rings. The lowest BCUT2D eigenvalue weighted by Crippen LogP contribution is -2.28. The van der Waals surface area contributed by atoms with E-state index in [1.54, 1.807) is 12.1 Å². The first-order valence-electron chi connectivity index (χ1n) is 11.0. The van der Waals surface area contributed by atoms with Crippen LogP contribution in [0.5, 0.6) is 0 Å². The van der Waals surface area contributed by atoms with Crippen LogP contribution in [-0.4, -0.2) is 32.3 Å². The monoisotopic (exact) mass is 597 g/mol. The van der Waals surface area contributed by atoms with Gasteiger partial charge in [-0.3, -0.25) is 9.59 Å². The number of nitrogens with zero attached hydrogens (tertiary/aromatic N) is 3. The first-order valence-corrected chi connectivity index (χ1v) is 13.5. The second-order valence-electron chi connectivity index (χ2n) is 8.13. The van der Waals surface area contributed by atoms with Gasteiger partial charge in [0.2, 0.25) is 5.91 Å². The Morgan fingerprint density at radius 2 is 1.83 bits per heavy atom. The minimum atomic E-state index is -0.413. The zero-order chi connectivity index (χ0) is 25.7. The van der Waals surface area contributed by atoms with Crippen molar-refractivity contribution in [2.24, 2.45) is 0 Å². The topological polar surface area (TPSA) is 88.9 Å². The van der Waals surface area contributed by atoms with Gasteiger partial charge >= 0.3 is 0 Å². The van der Waals surface area contributed by atoms with Gasteiger partial charge in [0, 0.05) is 22.3 Å². The van der Waals surface area contributed by atoms with Crippen molar-refractivity contribution < 1.29 is 9.59 Å². The largest absolute Gasteiger partial charge is 0.342 e. The van der Waals surface area contributed by atoms with Crippen molar-refractivity contribution in [1.82, 2.24) is 20.1 Å². The molecule has 2 aromatic carbocycles. The summed E-state index contributed by atoms with van der Waals surface area (Å²) in [5, 5.41) is 15.7. The third-order valence-corrected chi connectivity index (χ3v) is 7.42. The van der Waals surface area contributed by atoms with Gasteiger partial charge in [-0.2, -0.15) is 0 Å². The van der Waals surface area contributed by atoms with Crippen LogP contribution in [-0.2, 0) is 11.3 Å². The van der Waals surface area contributed by atoms with Gasteiger partial charge in [0.15, 0.2) is 11.0 Å². The highest BCUT2D eigenvalue weighted by Crippen LogP contribution is 2.28. The van der Waals surface area contributed by atoms with Gasteiger partial charge in [0.1, 0.15) is 0 Å². The molecule has 0 unspecified atom stereocenters. The number of nitrogens with one attached hydrogen (secondary N) is 2. The molecule has 0 spiro atoms. The molecule has 11 heteroatoms. The molecule has 0 aliphatic heterocycles. The van der Waals surface area contributed by atoms with Gasteiger partial charge in [-0.1, -0.05) is 64.7 Å². The van der Waals surface area contributed by atoms with E-state index in [-0.39, 0.29) is 23.5 Å². The van der Waals surface area contributed by atoms with Gasteiger partial charge in [0.25, 0.3) is 5.91 Å². The molecule has 3 aromatic rings. The van der Waals surface area contributed by atoms with Gasteiger partial charge in [-0.25, -0.2) is 0 Å². The Morgan fingerprint density at radius 1 is 1.09 bits per heavy atom. The lowest BCUT2D eigenvalue weighted by atomic mass is 10.0. The number of hydrogen-bond donors (Lipinski definition) is 2. The van der Waals surface area contributed by atoms with E-state index in [4.69, 9.17) is 23.2 Å². The molecule has 2 amide bonds. The van der Waals surface area contributed by atoms with E-state index in [0.29, 0.717) is 33.1 Å². The maximum Gasteiger partial charge on any atom is 0.251 e. The molecule has 2 N–H and O–H groups in total. The third-order valence-electron chi connectivity index (χ3n) is 5.22. The van der Waals surface area contributed by atoms with E-state index in [1.165, 1.54) is 17.8 Å². The number of carbonyl (C=O) groups excluding carboxylic acids is 2. The Balaban J connectivity index is 1.65. The molecular formula is C24H26BrCl2N5O2S. The van der Waals surface area contributed by atoms with E-state index < -0.39 is 6.04 Å². The fourth-order valence-corrected chi connectivity index (χ4v) is 4.93. The molecular weight excluding hydrogens is 573 g/mol. The van der Waals surface area contributed by atoms with Crippen LogP contribution in [0.15, 0.2) is 46.0 Å². The Hall–Kier alpha value is -2.07. The SMILES string of the molecule is CCn1c(SCC(=O)Nc2ccc(Br)cc2C(C)C)nnc1[C@H](C)NC(=O)c1ccc(Cl)c(Cl)c1. The second kappa shape index (κ2) is 12.3. The van der Waals surface area contributed by atoms with Crippen LogP contribution in [0.4, 0.5) is 5.69 Å². The van der Waals surface area contributed by atoms with Gasteiger partial charge in [-0.05, 0) is 61.7 Å². The fraction of sp³-hybridized carbons (Fsp3) is 0.333. The maximum atomic E-state index is 12.7. The lowest BCUT2D eigenvalue weighted by Gasteiger charge is -2.16. The van der Waals surface area contributed by atoms with Crippen LogP contribution >= 0.6 is 50.9 Å². The van der Waals surface area contributed by atoms with Crippen LogP contribution in [0.3, 0.4) is 0 Å². The van der Waals surface area contributed by atoms with E-state index in [1.807, 2.05) is 36.6 Å². The normalized spacial score (nSPS) is 12.0. The zero-order valence-corrected chi connectivity index (χ0v) is 23.6. The fourth-order valence-electron chi connectivity index (χ4n) is 3.45. The lowest BCUT2D eigenvalue weighted by molar-refractivity contribution is -0.113. The molecule has 1 heterocycles. The van der Waals surface area contributed by atoms with Crippen molar-refractivity contribution in [3.05, 3.63) is 67.9 Å². The average Bonchev–Trinajstić information content (AvgIpc) is 3.23. The van der Waals surface area contributed by atoms with Gasteiger partial charge in [0.05, 0.1) is 21.8 Å². The summed E-state index contributed by atoms with van der Waals surface area (Å²) in [6.45, 7) is 8.54. The van der Waals surface area contributed by atoms with Crippen molar-refractivity contribution in [2.75, 3.05) is 11.1 Å². The number of anilines is 1. The second-order valence-corrected chi connectivity index (χ2v) is 10.8. The predicted molar refractivity (Wildman–Crippen MR) is 146 cm³/mol. The van der Waals surface area contributed by atoms with E-state index >= 15 is 0 Å². The number of benzene rings is 2. The number of carbonyl (C=O) groups is 2. The van der Waals surface area contributed by atoms with E-state index in [2.05, 4.69) is 50.6 Å². The van der Waals surface area contributed by atoms with Crippen LogP contribution in [0.1, 0.15) is 61.4 Å². The quantitative estimate of drug-likeness (QED) is 0.267. The molecule has 0 aliphatic carbocycles. The number of rotatable bonds is 9. The number of aromatic nitrogens is 3. The smallest absolute Gasteiger partial charge is 0.251 e. The molecule has 0 saturated heterocycles. The summed E-state index contributed by atoms with van der Waals surface area (Å²) in [5.74, 6) is 0.606. The minimum absolute atomic E-state index is 0.132. The summed E-state index contributed by atoms with van der Waals surface area (Å²) in [5.41, 5.74) is 2.25. The van der Waals surface area contributed by atoms with Crippen LogP contribution < -0.4 is 10.6 Å². The van der Waals surface area contributed by atoms with Crippen LogP contribution in [0.2, 0.25) is 10.0 Å². The Labute approximate surface area is 227 Å². The molecule has 186 valence electrons. The maximum absolute atomic E-state index is 12.7. The van der Waals surface area contributed by atoms with Crippen LogP contribution in [0.25, 0.3) is 0 Å². The Kier molecular flexibility index (Phi) is 9.63. The minimum Gasteiger partial charge on any atom is -0.342 e. The van der Waals surface area contributed by atoms with E-state index in [0.717, 1.165) is 15.7 Å². The molecule has 0 bridgehead atoms. The standard InChI is InChI=1S/C24H26BrCl2N5O2S/c1-5-32-22(14(4)28-23(34)15-6-8-18(26)19(27)10-15)30-31-24(32)35-12-21(33)29-20-9-7-16(25)11-17(20)13(2)3/h6-11,13-14H,5,12H2,1-4H3,(H,28,34)(H,29,33)/t14-/m0/s1. The van der Waals surface area contributed by atoms with Crippen molar-refractivity contribution in [1.29, 1.82) is 0 Å². The molecule has 1 atom stereocenters. The third kappa shape index (κ3) is 7.00. The van der Waals surface area contributed by atoms with Crippen molar-refractivity contribution >= 4 is 68.4 Å². The predicted octanol–water partition coefficient (Wildman–Crippen LogP) is 6.71. The van der Waals surface area contributed by atoms with Crippen molar-refractivity contribution in [3.63, 3.8) is 0 Å². The molecule has 0 radical (unpaired) electrons. The highest BCUT2D eigenvalue weighted by molar-refractivity contribution is 9.10. The molecule has 3 rings (SSSR count).